The maximum atomic E-state index is 12.5. The number of piperazine rings is 1. The van der Waals surface area contributed by atoms with Crippen LogP contribution in [0.2, 0.25) is 0 Å². The van der Waals surface area contributed by atoms with E-state index in [0.717, 1.165) is 81.4 Å². The van der Waals surface area contributed by atoms with Gasteiger partial charge in [0.2, 0.25) is 5.91 Å². The van der Waals surface area contributed by atoms with Gasteiger partial charge in [0.1, 0.15) is 17.9 Å². The van der Waals surface area contributed by atoms with E-state index in [4.69, 9.17) is 10.2 Å². The quantitative estimate of drug-likeness (QED) is 0.838. The third kappa shape index (κ3) is 3.57. The van der Waals surface area contributed by atoms with Gasteiger partial charge < -0.3 is 15.1 Å². The fourth-order valence-electron chi connectivity index (χ4n) is 4.61. The first-order chi connectivity index (χ1) is 14.7. The molecule has 1 N–H and O–H groups in total. The first-order valence-electron chi connectivity index (χ1n) is 10.6. The summed E-state index contributed by atoms with van der Waals surface area (Å²) >= 11 is 0. The molecule has 0 saturated carbocycles. The monoisotopic (exact) mass is 403 g/mol. The van der Waals surface area contributed by atoms with Crippen molar-refractivity contribution >= 4 is 23.2 Å². The van der Waals surface area contributed by atoms with Gasteiger partial charge in [-0.25, -0.2) is 9.97 Å². The lowest BCUT2D eigenvalue weighted by Gasteiger charge is -2.40. The first kappa shape index (κ1) is 18.8. The molecule has 1 amide bonds. The normalized spacial score (nSPS) is 21.4. The third-order valence-electron chi connectivity index (χ3n) is 6.24. The lowest BCUT2D eigenvalue weighted by molar-refractivity contribution is -0.118. The van der Waals surface area contributed by atoms with Crippen LogP contribution >= 0.6 is 0 Å². The second-order valence-electron chi connectivity index (χ2n) is 8.19. The molecule has 1 unspecified atom stereocenters. The van der Waals surface area contributed by atoms with Crippen molar-refractivity contribution in [3.05, 3.63) is 41.7 Å². The number of pyridine rings is 2. The molecule has 154 valence electrons. The molecule has 0 bridgehead atoms. The number of fused-ring (bicyclic) bond motifs is 3. The summed E-state index contributed by atoms with van der Waals surface area (Å²) in [5, 5.41) is 12.0. The summed E-state index contributed by atoms with van der Waals surface area (Å²) in [7, 11) is 0. The van der Waals surface area contributed by atoms with Gasteiger partial charge in [0.15, 0.2) is 5.82 Å². The lowest BCUT2D eigenvalue weighted by atomic mass is 9.99. The molecule has 0 aromatic carbocycles. The lowest BCUT2D eigenvalue weighted by Crippen LogP contribution is -2.51. The molecule has 2 aromatic heterocycles. The zero-order chi connectivity index (χ0) is 20.5. The predicted molar refractivity (Wildman–Crippen MR) is 114 cm³/mol. The SMILES string of the molecule is N#Cc1ccc(N2CCN(Cc3cnc4c(c3)NC(=O)C3CCCCN43)CC2)nc1. The number of nitrogens with zero attached hydrogens (tertiary/aromatic N) is 6. The van der Waals surface area contributed by atoms with Crippen LogP contribution in [0.4, 0.5) is 17.3 Å². The summed E-state index contributed by atoms with van der Waals surface area (Å²) in [5.41, 5.74) is 2.55. The highest BCUT2D eigenvalue weighted by atomic mass is 16.2. The van der Waals surface area contributed by atoms with Crippen LogP contribution in [0.1, 0.15) is 30.4 Å². The van der Waals surface area contributed by atoms with Gasteiger partial charge in [0.05, 0.1) is 11.3 Å². The Hall–Kier alpha value is -3.18. The number of nitrogens with one attached hydrogen (secondary N) is 1. The Morgan fingerprint density at radius 3 is 2.73 bits per heavy atom. The molecule has 3 aliphatic rings. The fourth-order valence-corrected chi connectivity index (χ4v) is 4.61. The van der Waals surface area contributed by atoms with E-state index >= 15 is 0 Å². The Morgan fingerprint density at radius 1 is 1.10 bits per heavy atom. The average Bonchev–Trinajstić information content (AvgIpc) is 2.80. The highest BCUT2D eigenvalue weighted by molar-refractivity contribution is 6.02. The van der Waals surface area contributed by atoms with E-state index in [0.29, 0.717) is 5.56 Å². The van der Waals surface area contributed by atoms with Crippen molar-refractivity contribution in [2.75, 3.05) is 47.8 Å². The van der Waals surface area contributed by atoms with Crippen molar-refractivity contribution in [3.8, 4) is 6.07 Å². The number of nitriles is 1. The first-order valence-corrected chi connectivity index (χ1v) is 10.6. The Morgan fingerprint density at radius 2 is 1.97 bits per heavy atom. The molecule has 5 heterocycles. The number of piperidine rings is 1. The molecule has 5 rings (SSSR count). The van der Waals surface area contributed by atoms with Gasteiger partial charge in [-0.05, 0) is 43.0 Å². The Labute approximate surface area is 176 Å². The van der Waals surface area contributed by atoms with E-state index in [-0.39, 0.29) is 11.9 Å². The predicted octanol–water partition coefficient (Wildman–Crippen LogP) is 1.98. The van der Waals surface area contributed by atoms with E-state index in [1.165, 1.54) is 0 Å². The second kappa shape index (κ2) is 7.92. The second-order valence-corrected chi connectivity index (χ2v) is 8.19. The number of hydrogen-bond donors (Lipinski definition) is 1. The van der Waals surface area contributed by atoms with Crippen LogP contribution in [0.3, 0.4) is 0 Å². The number of amides is 1. The Bertz CT molecular complexity index is 976. The van der Waals surface area contributed by atoms with E-state index in [1.807, 2.05) is 18.3 Å². The van der Waals surface area contributed by atoms with Gasteiger partial charge in [0, 0.05) is 51.7 Å². The van der Waals surface area contributed by atoms with Gasteiger partial charge in [0.25, 0.3) is 0 Å². The van der Waals surface area contributed by atoms with Gasteiger partial charge in [-0.15, -0.1) is 0 Å². The standard InChI is InChI=1S/C22H25N7O/c23-12-16-4-5-20(24-13-16)28-9-7-27(8-10-28)15-17-11-18-21(25-14-17)29-6-2-1-3-19(29)22(30)26-18/h4-5,11,13-14,19H,1-3,6-10,15H2,(H,26,30). The van der Waals surface area contributed by atoms with Crippen LogP contribution in [0.15, 0.2) is 30.6 Å². The summed E-state index contributed by atoms with van der Waals surface area (Å²) in [5.74, 6) is 1.94. The molecule has 8 heteroatoms. The van der Waals surface area contributed by atoms with E-state index in [1.54, 1.807) is 6.20 Å². The summed E-state index contributed by atoms with van der Waals surface area (Å²) in [4.78, 5) is 28.4. The van der Waals surface area contributed by atoms with Crippen LogP contribution in [0, 0.1) is 11.3 Å². The summed E-state index contributed by atoms with van der Waals surface area (Å²) < 4.78 is 0. The summed E-state index contributed by atoms with van der Waals surface area (Å²) in [6, 6.07) is 7.86. The molecular formula is C22H25N7O. The Kier molecular flexibility index (Phi) is 4.97. The molecule has 8 nitrogen and oxygen atoms in total. The van der Waals surface area contributed by atoms with Gasteiger partial charge in [-0.2, -0.15) is 5.26 Å². The maximum Gasteiger partial charge on any atom is 0.247 e. The van der Waals surface area contributed by atoms with E-state index in [2.05, 4.69) is 37.1 Å². The molecule has 2 aromatic rings. The van der Waals surface area contributed by atoms with Crippen LogP contribution < -0.4 is 15.1 Å². The van der Waals surface area contributed by atoms with Crippen molar-refractivity contribution in [3.63, 3.8) is 0 Å². The largest absolute Gasteiger partial charge is 0.354 e. The zero-order valence-corrected chi connectivity index (χ0v) is 16.9. The molecule has 2 fully saturated rings. The summed E-state index contributed by atoms with van der Waals surface area (Å²) in [6.07, 6.45) is 6.71. The topological polar surface area (TPSA) is 88.4 Å². The van der Waals surface area contributed by atoms with Crippen molar-refractivity contribution in [1.82, 2.24) is 14.9 Å². The minimum atomic E-state index is -0.0616. The maximum absolute atomic E-state index is 12.5. The summed E-state index contributed by atoms with van der Waals surface area (Å²) in [6.45, 7) is 5.36. The highest BCUT2D eigenvalue weighted by Crippen LogP contribution is 2.34. The fraction of sp³-hybridized carbons (Fsp3) is 0.455. The van der Waals surface area contributed by atoms with Crippen LogP contribution in [0.25, 0.3) is 0 Å². The van der Waals surface area contributed by atoms with E-state index in [9.17, 15) is 4.79 Å². The van der Waals surface area contributed by atoms with Gasteiger partial charge in [-0.3, -0.25) is 9.69 Å². The number of carbonyl (C=O) groups is 1. The van der Waals surface area contributed by atoms with Crippen LogP contribution in [-0.2, 0) is 11.3 Å². The van der Waals surface area contributed by atoms with Gasteiger partial charge in [-0.1, -0.05) is 0 Å². The van der Waals surface area contributed by atoms with Crippen molar-refractivity contribution in [1.29, 1.82) is 5.26 Å². The van der Waals surface area contributed by atoms with Crippen LogP contribution in [0.5, 0.6) is 0 Å². The third-order valence-corrected chi connectivity index (χ3v) is 6.24. The molecule has 2 saturated heterocycles. The average molecular weight is 403 g/mol. The number of hydrogen-bond acceptors (Lipinski definition) is 7. The van der Waals surface area contributed by atoms with Gasteiger partial charge >= 0.3 is 0 Å². The number of rotatable bonds is 3. The van der Waals surface area contributed by atoms with E-state index < -0.39 is 0 Å². The smallest absolute Gasteiger partial charge is 0.247 e. The molecule has 3 aliphatic heterocycles. The number of anilines is 3. The molecule has 30 heavy (non-hydrogen) atoms. The molecule has 1 atom stereocenters. The van der Waals surface area contributed by atoms with Crippen molar-refractivity contribution in [2.45, 2.75) is 31.8 Å². The minimum Gasteiger partial charge on any atom is -0.354 e. The minimum absolute atomic E-state index is 0.0616. The number of carbonyl (C=O) groups excluding carboxylic acids is 1. The number of aromatic nitrogens is 2. The zero-order valence-electron chi connectivity index (χ0n) is 16.9. The molecule has 0 spiro atoms. The molecular weight excluding hydrogens is 378 g/mol. The van der Waals surface area contributed by atoms with Crippen LogP contribution in [-0.4, -0.2) is 59.5 Å². The molecule has 0 radical (unpaired) electrons. The highest BCUT2D eigenvalue weighted by Gasteiger charge is 2.35. The van der Waals surface area contributed by atoms with Crippen molar-refractivity contribution in [2.24, 2.45) is 0 Å². The Balaban J connectivity index is 1.23. The molecule has 0 aliphatic carbocycles. The van der Waals surface area contributed by atoms with Crippen molar-refractivity contribution < 1.29 is 4.79 Å².